The second kappa shape index (κ2) is 5.19. The summed E-state index contributed by atoms with van der Waals surface area (Å²) in [4.78, 5) is 10.7. The number of carbonyl (C=O) groups is 1. The molecule has 1 aromatic heterocycles. The maximum absolute atomic E-state index is 10.7. The summed E-state index contributed by atoms with van der Waals surface area (Å²) in [5.41, 5.74) is 6.10. The summed E-state index contributed by atoms with van der Waals surface area (Å²) in [7, 11) is 0. The van der Waals surface area contributed by atoms with Crippen molar-refractivity contribution in [3.63, 3.8) is 0 Å². The third kappa shape index (κ3) is 3.20. The van der Waals surface area contributed by atoms with Gasteiger partial charge in [0.1, 0.15) is 11.5 Å². The summed E-state index contributed by atoms with van der Waals surface area (Å²) in [6, 6.07) is 11.6. The first-order chi connectivity index (χ1) is 8.15. The summed E-state index contributed by atoms with van der Waals surface area (Å²) < 4.78 is 6.65. The Kier molecular flexibility index (Phi) is 3.64. The van der Waals surface area contributed by atoms with Gasteiger partial charge in [-0.25, -0.2) is 0 Å². The van der Waals surface area contributed by atoms with E-state index in [0.29, 0.717) is 12.8 Å². The molecule has 1 aromatic carbocycles. The summed E-state index contributed by atoms with van der Waals surface area (Å²) in [5.74, 6) is 1.26. The van der Waals surface area contributed by atoms with Crippen LogP contribution in [0.4, 0.5) is 0 Å². The van der Waals surface area contributed by atoms with Crippen LogP contribution in [-0.2, 0) is 11.2 Å². The highest BCUT2D eigenvalue weighted by Crippen LogP contribution is 2.25. The zero-order valence-electron chi connectivity index (χ0n) is 9.15. The summed E-state index contributed by atoms with van der Waals surface area (Å²) >= 11 is 3.41. The molecule has 0 aliphatic carbocycles. The molecule has 0 aliphatic heterocycles. The number of rotatable bonds is 4. The highest BCUT2D eigenvalue weighted by atomic mass is 79.9. The average molecular weight is 294 g/mol. The van der Waals surface area contributed by atoms with Crippen LogP contribution in [0, 0.1) is 0 Å². The molecule has 2 N–H and O–H groups in total. The number of halogens is 1. The zero-order chi connectivity index (χ0) is 12.3. The van der Waals surface area contributed by atoms with Crippen LogP contribution in [-0.4, -0.2) is 5.91 Å². The number of carbonyl (C=O) groups excluding carboxylic acids is 1. The van der Waals surface area contributed by atoms with Crippen molar-refractivity contribution in [2.24, 2.45) is 5.73 Å². The fourth-order valence-corrected chi connectivity index (χ4v) is 1.95. The first-order valence-electron chi connectivity index (χ1n) is 5.28. The predicted molar refractivity (Wildman–Crippen MR) is 69.4 cm³/mol. The fraction of sp³-hybridized carbons (Fsp3) is 0.154. The van der Waals surface area contributed by atoms with Gasteiger partial charge in [0.15, 0.2) is 0 Å². The summed E-state index contributed by atoms with van der Waals surface area (Å²) in [5, 5.41) is 0. The van der Waals surface area contributed by atoms with E-state index in [-0.39, 0.29) is 5.91 Å². The standard InChI is InChI=1S/C13H12BrNO2/c14-10-3-1-2-9(8-10)12-6-4-11(17-12)5-7-13(15)16/h1-4,6,8H,5,7H2,(H2,15,16). The number of nitrogens with two attached hydrogens (primary N) is 1. The van der Waals surface area contributed by atoms with Gasteiger partial charge in [0.05, 0.1) is 0 Å². The molecule has 88 valence electrons. The molecular formula is C13H12BrNO2. The van der Waals surface area contributed by atoms with Crippen molar-refractivity contribution in [3.05, 3.63) is 46.6 Å². The van der Waals surface area contributed by atoms with Crippen LogP contribution in [0.2, 0.25) is 0 Å². The van der Waals surface area contributed by atoms with E-state index in [0.717, 1.165) is 21.6 Å². The van der Waals surface area contributed by atoms with Crippen LogP contribution < -0.4 is 5.73 Å². The van der Waals surface area contributed by atoms with Crippen LogP contribution in [0.3, 0.4) is 0 Å². The number of aryl methyl sites for hydroxylation is 1. The Morgan fingerprint density at radius 1 is 1.29 bits per heavy atom. The smallest absolute Gasteiger partial charge is 0.217 e. The molecule has 0 bridgehead atoms. The monoisotopic (exact) mass is 293 g/mol. The van der Waals surface area contributed by atoms with Gasteiger partial charge in [0.25, 0.3) is 0 Å². The van der Waals surface area contributed by atoms with E-state index in [2.05, 4.69) is 15.9 Å². The maximum Gasteiger partial charge on any atom is 0.217 e. The van der Waals surface area contributed by atoms with E-state index in [9.17, 15) is 4.79 Å². The minimum absolute atomic E-state index is 0.311. The largest absolute Gasteiger partial charge is 0.461 e. The molecule has 2 aromatic rings. The van der Waals surface area contributed by atoms with E-state index in [1.807, 2.05) is 36.4 Å². The number of hydrogen-bond donors (Lipinski definition) is 1. The van der Waals surface area contributed by atoms with Crippen molar-refractivity contribution in [1.82, 2.24) is 0 Å². The van der Waals surface area contributed by atoms with Crippen LogP contribution in [0.15, 0.2) is 45.3 Å². The molecule has 2 rings (SSSR count). The minimum Gasteiger partial charge on any atom is -0.461 e. The molecule has 17 heavy (non-hydrogen) atoms. The van der Waals surface area contributed by atoms with Gasteiger partial charge in [-0.05, 0) is 24.3 Å². The highest BCUT2D eigenvalue weighted by Gasteiger charge is 2.06. The van der Waals surface area contributed by atoms with E-state index in [1.165, 1.54) is 0 Å². The van der Waals surface area contributed by atoms with Crippen LogP contribution in [0.1, 0.15) is 12.2 Å². The van der Waals surface area contributed by atoms with E-state index in [4.69, 9.17) is 10.2 Å². The molecule has 0 spiro atoms. The molecule has 0 fully saturated rings. The Balaban J connectivity index is 2.15. The van der Waals surface area contributed by atoms with Crippen LogP contribution >= 0.6 is 15.9 Å². The van der Waals surface area contributed by atoms with Crippen molar-refractivity contribution in [2.45, 2.75) is 12.8 Å². The second-order valence-corrected chi connectivity index (χ2v) is 4.66. The van der Waals surface area contributed by atoms with Crippen molar-refractivity contribution in [2.75, 3.05) is 0 Å². The SMILES string of the molecule is NC(=O)CCc1ccc(-c2cccc(Br)c2)o1. The number of benzene rings is 1. The normalized spacial score (nSPS) is 10.4. The lowest BCUT2D eigenvalue weighted by Crippen LogP contribution is -2.10. The maximum atomic E-state index is 10.7. The number of hydrogen-bond acceptors (Lipinski definition) is 2. The van der Waals surface area contributed by atoms with Gasteiger partial charge < -0.3 is 10.2 Å². The Bertz CT molecular complexity index is 534. The third-order valence-corrected chi connectivity index (χ3v) is 2.88. The van der Waals surface area contributed by atoms with Crippen LogP contribution in [0.5, 0.6) is 0 Å². The van der Waals surface area contributed by atoms with Crippen molar-refractivity contribution < 1.29 is 9.21 Å². The minimum atomic E-state index is -0.314. The van der Waals surface area contributed by atoms with Crippen molar-refractivity contribution in [3.8, 4) is 11.3 Å². The van der Waals surface area contributed by atoms with Gasteiger partial charge in [0, 0.05) is 22.9 Å². The fourth-order valence-electron chi connectivity index (χ4n) is 1.56. The molecule has 0 aliphatic rings. The van der Waals surface area contributed by atoms with Crippen LogP contribution in [0.25, 0.3) is 11.3 Å². The van der Waals surface area contributed by atoms with E-state index < -0.39 is 0 Å². The molecule has 0 saturated carbocycles. The molecule has 0 unspecified atom stereocenters. The van der Waals surface area contributed by atoms with Gasteiger partial charge >= 0.3 is 0 Å². The summed E-state index contributed by atoms with van der Waals surface area (Å²) in [6.45, 7) is 0. The van der Waals surface area contributed by atoms with Crippen molar-refractivity contribution >= 4 is 21.8 Å². The first kappa shape index (κ1) is 11.9. The zero-order valence-corrected chi connectivity index (χ0v) is 10.7. The summed E-state index contributed by atoms with van der Waals surface area (Å²) in [6.07, 6.45) is 0.856. The number of furan rings is 1. The number of amides is 1. The molecule has 1 heterocycles. The highest BCUT2D eigenvalue weighted by molar-refractivity contribution is 9.10. The molecule has 0 atom stereocenters. The first-order valence-corrected chi connectivity index (χ1v) is 6.07. The quantitative estimate of drug-likeness (QED) is 0.941. The molecule has 3 nitrogen and oxygen atoms in total. The van der Waals surface area contributed by atoms with Gasteiger partial charge in [-0.15, -0.1) is 0 Å². The van der Waals surface area contributed by atoms with Gasteiger partial charge in [-0.1, -0.05) is 28.1 Å². The third-order valence-electron chi connectivity index (χ3n) is 2.39. The Hall–Kier alpha value is -1.55. The topological polar surface area (TPSA) is 56.2 Å². The average Bonchev–Trinajstić information content (AvgIpc) is 2.75. The number of primary amides is 1. The van der Waals surface area contributed by atoms with Gasteiger partial charge in [-0.2, -0.15) is 0 Å². The second-order valence-electron chi connectivity index (χ2n) is 3.74. The van der Waals surface area contributed by atoms with E-state index >= 15 is 0 Å². The molecule has 4 heteroatoms. The Labute approximate surface area is 108 Å². The lowest BCUT2D eigenvalue weighted by molar-refractivity contribution is -0.118. The van der Waals surface area contributed by atoms with Crippen molar-refractivity contribution in [1.29, 1.82) is 0 Å². The lowest BCUT2D eigenvalue weighted by atomic mass is 10.2. The Morgan fingerprint density at radius 2 is 2.12 bits per heavy atom. The predicted octanol–water partition coefficient (Wildman–Crippen LogP) is 3.13. The lowest BCUT2D eigenvalue weighted by Gasteiger charge is -1.98. The molecule has 0 radical (unpaired) electrons. The molecule has 0 saturated heterocycles. The van der Waals surface area contributed by atoms with E-state index in [1.54, 1.807) is 0 Å². The molecule has 1 amide bonds. The van der Waals surface area contributed by atoms with Gasteiger partial charge in [-0.3, -0.25) is 4.79 Å². The Morgan fingerprint density at radius 3 is 2.82 bits per heavy atom. The van der Waals surface area contributed by atoms with Gasteiger partial charge in [0.2, 0.25) is 5.91 Å². The molecular weight excluding hydrogens is 282 g/mol.